The van der Waals surface area contributed by atoms with Gasteiger partial charge in [-0.25, -0.2) is 4.98 Å². The lowest BCUT2D eigenvalue weighted by molar-refractivity contribution is 0.0943. The van der Waals surface area contributed by atoms with E-state index in [1.165, 1.54) is 0 Å². The van der Waals surface area contributed by atoms with Gasteiger partial charge in [-0.3, -0.25) is 9.78 Å². The van der Waals surface area contributed by atoms with E-state index in [9.17, 15) is 4.79 Å². The average molecular weight is 455 g/mol. The quantitative estimate of drug-likeness (QED) is 0.441. The van der Waals surface area contributed by atoms with Crippen LogP contribution >= 0.6 is 0 Å². The van der Waals surface area contributed by atoms with Gasteiger partial charge in [-0.05, 0) is 55.9 Å². The second-order valence-corrected chi connectivity index (χ2v) is 9.27. The van der Waals surface area contributed by atoms with Crippen LogP contribution in [0.4, 0.5) is 11.8 Å². The molecule has 2 aromatic heterocycles. The third kappa shape index (κ3) is 4.78. The molecule has 0 bridgehead atoms. The van der Waals surface area contributed by atoms with Crippen LogP contribution in [0.25, 0.3) is 21.8 Å². The third-order valence-electron chi connectivity index (χ3n) is 6.59. The van der Waals surface area contributed by atoms with Crippen molar-refractivity contribution in [3.05, 3.63) is 66.4 Å². The van der Waals surface area contributed by atoms with E-state index in [1.807, 2.05) is 67.5 Å². The Kier molecular flexibility index (Phi) is 6.25. The molecule has 1 saturated carbocycles. The largest absolute Gasteiger partial charge is 0.362 e. The highest BCUT2D eigenvalue weighted by atomic mass is 16.1. The van der Waals surface area contributed by atoms with E-state index in [0.29, 0.717) is 30.0 Å². The van der Waals surface area contributed by atoms with Gasteiger partial charge in [0, 0.05) is 43.7 Å². The van der Waals surface area contributed by atoms with Gasteiger partial charge < -0.3 is 15.5 Å². The average Bonchev–Trinajstić information content (AvgIpc) is 2.87. The third-order valence-corrected chi connectivity index (χ3v) is 6.59. The van der Waals surface area contributed by atoms with Crippen LogP contribution in [-0.2, 0) is 0 Å². The molecule has 2 aromatic carbocycles. The van der Waals surface area contributed by atoms with Crippen LogP contribution in [0.5, 0.6) is 0 Å². The van der Waals surface area contributed by atoms with Crippen molar-refractivity contribution in [2.24, 2.45) is 5.92 Å². The summed E-state index contributed by atoms with van der Waals surface area (Å²) in [5.41, 5.74) is 2.46. The normalized spacial score (nSPS) is 18.1. The highest BCUT2D eigenvalue weighted by Gasteiger charge is 2.23. The molecule has 0 saturated heterocycles. The summed E-state index contributed by atoms with van der Waals surface area (Å²) in [5, 5.41) is 8.70. The first-order valence-electron chi connectivity index (χ1n) is 11.9. The Balaban J connectivity index is 1.15. The second kappa shape index (κ2) is 9.63. The molecule has 1 amide bonds. The fourth-order valence-electron chi connectivity index (χ4n) is 4.69. The summed E-state index contributed by atoms with van der Waals surface area (Å²) in [7, 11) is 4.01. The molecule has 1 aliphatic carbocycles. The molecular weight excluding hydrogens is 424 g/mol. The predicted octanol–water partition coefficient (Wildman–Crippen LogP) is 4.64. The van der Waals surface area contributed by atoms with Gasteiger partial charge in [-0.1, -0.05) is 30.3 Å². The summed E-state index contributed by atoms with van der Waals surface area (Å²) in [4.78, 5) is 28.6. The lowest BCUT2D eigenvalue weighted by Crippen LogP contribution is -2.34. The number of benzene rings is 2. The number of carbonyl (C=O) groups is 1. The lowest BCUT2D eigenvalue weighted by atomic mass is 9.86. The van der Waals surface area contributed by atoms with Crippen molar-refractivity contribution in [2.75, 3.05) is 30.9 Å². The Bertz CT molecular complexity index is 1310. The smallest absolute Gasteiger partial charge is 0.252 e. The van der Waals surface area contributed by atoms with Crippen LogP contribution in [-0.4, -0.2) is 47.5 Å². The first-order chi connectivity index (χ1) is 16.6. The number of fused-ring (bicyclic) bond motifs is 2. The molecule has 7 heteroatoms. The van der Waals surface area contributed by atoms with Gasteiger partial charge in [0.15, 0.2) is 0 Å². The maximum atomic E-state index is 12.6. The number of hydrogen-bond acceptors (Lipinski definition) is 6. The van der Waals surface area contributed by atoms with Crippen LogP contribution < -0.4 is 15.5 Å². The fraction of sp³-hybridized carbons (Fsp3) is 0.333. The van der Waals surface area contributed by atoms with Gasteiger partial charge in [-0.15, -0.1) is 0 Å². The molecule has 174 valence electrons. The van der Waals surface area contributed by atoms with Crippen molar-refractivity contribution >= 4 is 39.5 Å². The van der Waals surface area contributed by atoms with E-state index in [0.717, 1.165) is 53.3 Å². The zero-order valence-electron chi connectivity index (χ0n) is 19.7. The number of para-hydroxylation sites is 2. The van der Waals surface area contributed by atoms with Gasteiger partial charge >= 0.3 is 0 Å². The number of nitrogens with one attached hydrogen (secondary N) is 2. The highest BCUT2D eigenvalue weighted by molar-refractivity contribution is 5.97. The second-order valence-electron chi connectivity index (χ2n) is 9.27. The minimum Gasteiger partial charge on any atom is -0.362 e. The topological polar surface area (TPSA) is 83.0 Å². The SMILES string of the molecule is CN(C)c1nc(N[C@H]2CC[C@@H](CNC(=O)c3cnc4ccccc4c3)CC2)nc2ccccc12. The monoisotopic (exact) mass is 454 g/mol. The molecule has 1 fully saturated rings. The number of hydrogen-bond donors (Lipinski definition) is 2. The summed E-state index contributed by atoms with van der Waals surface area (Å²) in [6.45, 7) is 0.690. The van der Waals surface area contributed by atoms with Crippen molar-refractivity contribution in [1.29, 1.82) is 0 Å². The molecule has 2 heterocycles. The van der Waals surface area contributed by atoms with Crippen LogP contribution in [0.2, 0.25) is 0 Å². The van der Waals surface area contributed by atoms with Crippen molar-refractivity contribution in [2.45, 2.75) is 31.7 Å². The summed E-state index contributed by atoms with van der Waals surface area (Å²) >= 11 is 0. The Morgan fingerprint density at radius 1 is 0.971 bits per heavy atom. The highest BCUT2D eigenvalue weighted by Crippen LogP contribution is 2.28. The van der Waals surface area contributed by atoms with Crippen molar-refractivity contribution in [1.82, 2.24) is 20.3 Å². The van der Waals surface area contributed by atoms with E-state index in [-0.39, 0.29) is 5.91 Å². The molecular formula is C27H30N6O. The Morgan fingerprint density at radius 2 is 1.71 bits per heavy atom. The number of amides is 1. The molecule has 5 rings (SSSR count). The molecule has 0 unspecified atom stereocenters. The first-order valence-corrected chi connectivity index (χ1v) is 11.9. The first kappa shape index (κ1) is 22.1. The zero-order chi connectivity index (χ0) is 23.5. The van der Waals surface area contributed by atoms with Crippen LogP contribution in [0, 0.1) is 5.92 Å². The van der Waals surface area contributed by atoms with Gasteiger partial charge in [0.2, 0.25) is 5.95 Å². The van der Waals surface area contributed by atoms with Gasteiger partial charge in [0.05, 0.1) is 16.6 Å². The molecule has 0 spiro atoms. The van der Waals surface area contributed by atoms with E-state index in [4.69, 9.17) is 9.97 Å². The molecule has 0 radical (unpaired) electrons. The Labute approximate surface area is 199 Å². The maximum Gasteiger partial charge on any atom is 0.252 e. The number of anilines is 2. The van der Waals surface area contributed by atoms with Crippen LogP contribution in [0.15, 0.2) is 60.8 Å². The molecule has 0 aliphatic heterocycles. The number of aromatic nitrogens is 3. The van der Waals surface area contributed by atoms with Crippen molar-refractivity contribution in [3.8, 4) is 0 Å². The summed E-state index contributed by atoms with van der Waals surface area (Å²) in [5.74, 6) is 2.03. The predicted molar refractivity (Wildman–Crippen MR) is 137 cm³/mol. The van der Waals surface area contributed by atoms with E-state index in [1.54, 1.807) is 6.20 Å². The Hall–Kier alpha value is -3.74. The molecule has 7 nitrogen and oxygen atoms in total. The molecule has 2 N–H and O–H groups in total. The van der Waals surface area contributed by atoms with Gasteiger partial charge in [0.25, 0.3) is 5.91 Å². The van der Waals surface area contributed by atoms with Gasteiger partial charge in [-0.2, -0.15) is 4.98 Å². The molecule has 0 atom stereocenters. The van der Waals surface area contributed by atoms with Crippen LogP contribution in [0.3, 0.4) is 0 Å². The maximum absolute atomic E-state index is 12.6. The van der Waals surface area contributed by atoms with E-state index in [2.05, 4.69) is 21.7 Å². The number of nitrogens with zero attached hydrogens (tertiary/aromatic N) is 4. The van der Waals surface area contributed by atoms with Crippen molar-refractivity contribution < 1.29 is 4.79 Å². The fourth-order valence-corrected chi connectivity index (χ4v) is 4.69. The van der Waals surface area contributed by atoms with Crippen LogP contribution in [0.1, 0.15) is 36.0 Å². The minimum atomic E-state index is -0.0562. The summed E-state index contributed by atoms with van der Waals surface area (Å²) in [6.07, 6.45) is 5.84. The summed E-state index contributed by atoms with van der Waals surface area (Å²) in [6, 6.07) is 18.2. The molecule has 4 aromatic rings. The van der Waals surface area contributed by atoms with E-state index < -0.39 is 0 Å². The standard InChI is InChI=1S/C27H30N6O/c1-33(2)25-22-8-4-6-10-24(22)31-27(32-25)30-21-13-11-18(12-14-21)16-29-26(34)20-15-19-7-3-5-9-23(19)28-17-20/h3-10,15,17-18,21H,11-14,16H2,1-2H3,(H,29,34)(H,30,31,32)/t18-,21+. The molecule has 1 aliphatic rings. The van der Waals surface area contributed by atoms with Gasteiger partial charge in [0.1, 0.15) is 5.82 Å². The lowest BCUT2D eigenvalue weighted by Gasteiger charge is -2.29. The Morgan fingerprint density at radius 3 is 2.50 bits per heavy atom. The van der Waals surface area contributed by atoms with E-state index >= 15 is 0 Å². The number of rotatable bonds is 6. The number of pyridine rings is 1. The number of carbonyl (C=O) groups excluding carboxylic acids is 1. The zero-order valence-corrected chi connectivity index (χ0v) is 19.7. The minimum absolute atomic E-state index is 0.0562. The van der Waals surface area contributed by atoms with Crippen molar-refractivity contribution in [3.63, 3.8) is 0 Å². The molecule has 34 heavy (non-hydrogen) atoms. The summed E-state index contributed by atoms with van der Waals surface area (Å²) < 4.78 is 0.